The Morgan fingerprint density at radius 1 is 1.25 bits per heavy atom. The minimum absolute atomic E-state index is 0.387. The Labute approximate surface area is 95.2 Å². The normalized spacial score (nSPS) is 14.8. The maximum absolute atomic E-state index is 10.8. The van der Waals surface area contributed by atoms with Gasteiger partial charge in [0, 0.05) is 30.4 Å². The van der Waals surface area contributed by atoms with Crippen LogP contribution in [0.5, 0.6) is 0 Å². The van der Waals surface area contributed by atoms with Gasteiger partial charge in [-0.3, -0.25) is 4.79 Å². The third-order valence-electron chi connectivity index (χ3n) is 2.63. The van der Waals surface area contributed by atoms with Crippen LogP contribution < -0.4 is 16.4 Å². The lowest BCUT2D eigenvalue weighted by atomic mass is 10.2. The Kier molecular flexibility index (Phi) is 3.41. The predicted octanol–water partition coefficient (Wildman–Crippen LogP) is 0.949. The minimum atomic E-state index is -0.387. The molecule has 0 aromatic heterocycles. The fourth-order valence-electron chi connectivity index (χ4n) is 1.52. The quantitative estimate of drug-likeness (QED) is 0.624. The molecule has 0 radical (unpaired) electrons. The first-order valence-corrected chi connectivity index (χ1v) is 5.63. The standard InChI is InChI=1S/C12H17N3O/c13-12(16)9-1-3-10(4-2-9)14-7-8-15-11-5-6-11/h1-4,11,14-15H,5-8H2,(H2,13,16). The monoisotopic (exact) mass is 219 g/mol. The topological polar surface area (TPSA) is 67.2 Å². The van der Waals surface area contributed by atoms with Crippen molar-refractivity contribution in [3.8, 4) is 0 Å². The van der Waals surface area contributed by atoms with E-state index in [4.69, 9.17) is 5.73 Å². The van der Waals surface area contributed by atoms with E-state index in [9.17, 15) is 4.79 Å². The first-order chi connectivity index (χ1) is 7.75. The average molecular weight is 219 g/mol. The maximum atomic E-state index is 10.8. The Bertz CT molecular complexity index is 357. The SMILES string of the molecule is NC(=O)c1ccc(NCCNC2CC2)cc1. The summed E-state index contributed by atoms with van der Waals surface area (Å²) in [4.78, 5) is 10.8. The molecule has 16 heavy (non-hydrogen) atoms. The molecule has 2 rings (SSSR count). The second kappa shape index (κ2) is 4.99. The highest BCUT2D eigenvalue weighted by atomic mass is 16.1. The lowest BCUT2D eigenvalue weighted by molar-refractivity contribution is 0.100. The highest BCUT2D eigenvalue weighted by Gasteiger charge is 2.19. The fraction of sp³-hybridized carbons (Fsp3) is 0.417. The van der Waals surface area contributed by atoms with Crippen LogP contribution in [0.25, 0.3) is 0 Å². The van der Waals surface area contributed by atoms with Gasteiger partial charge in [0.2, 0.25) is 5.91 Å². The summed E-state index contributed by atoms with van der Waals surface area (Å²) >= 11 is 0. The molecule has 0 bridgehead atoms. The zero-order valence-electron chi connectivity index (χ0n) is 9.20. The molecule has 1 aromatic carbocycles. The van der Waals surface area contributed by atoms with Gasteiger partial charge in [-0.05, 0) is 37.1 Å². The Morgan fingerprint density at radius 2 is 1.94 bits per heavy atom. The molecule has 1 aliphatic rings. The van der Waals surface area contributed by atoms with Crippen LogP contribution in [0.3, 0.4) is 0 Å². The van der Waals surface area contributed by atoms with Crippen LogP contribution >= 0.6 is 0 Å². The van der Waals surface area contributed by atoms with Crippen molar-refractivity contribution in [1.82, 2.24) is 5.32 Å². The van der Waals surface area contributed by atoms with Gasteiger partial charge in [-0.1, -0.05) is 0 Å². The Hall–Kier alpha value is -1.55. The highest BCUT2D eigenvalue weighted by Crippen LogP contribution is 2.18. The predicted molar refractivity (Wildman–Crippen MR) is 64.5 cm³/mol. The van der Waals surface area contributed by atoms with Crippen molar-refractivity contribution in [2.45, 2.75) is 18.9 Å². The van der Waals surface area contributed by atoms with Crippen LogP contribution in [-0.2, 0) is 0 Å². The van der Waals surface area contributed by atoms with Gasteiger partial charge in [-0.2, -0.15) is 0 Å². The minimum Gasteiger partial charge on any atom is -0.384 e. The molecule has 4 nitrogen and oxygen atoms in total. The van der Waals surface area contributed by atoms with E-state index in [1.54, 1.807) is 12.1 Å². The van der Waals surface area contributed by atoms with E-state index in [-0.39, 0.29) is 5.91 Å². The Balaban J connectivity index is 1.73. The van der Waals surface area contributed by atoms with Crippen molar-refractivity contribution in [3.05, 3.63) is 29.8 Å². The zero-order valence-corrected chi connectivity index (χ0v) is 9.20. The first kappa shape index (κ1) is 11.0. The third-order valence-corrected chi connectivity index (χ3v) is 2.63. The number of amides is 1. The second-order valence-electron chi connectivity index (χ2n) is 4.10. The summed E-state index contributed by atoms with van der Waals surface area (Å²) in [6.45, 7) is 1.87. The molecule has 0 aliphatic heterocycles. The molecule has 1 aromatic rings. The molecule has 0 atom stereocenters. The summed E-state index contributed by atoms with van der Waals surface area (Å²) in [7, 11) is 0. The number of hydrogen-bond donors (Lipinski definition) is 3. The van der Waals surface area contributed by atoms with Crippen molar-refractivity contribution >= 4 is 11.6 Å². The lowest BCUT2D eigenvalue weighted by Gasteiger charge is -2.07. The fourth-order valence-corrected chi connectivity index (χ4v) is 1.52. The van der Waals surface area contributed by atoms with Gasteiger partial charge in [0.25, 0.3) is 0 Å². The molecule has 1 saturated carbocycles. The first-order valence-electron chi connectivity index (χ1n) is 5.63. The van der Waals surface area contributed by atoms with Gasteiger partial charge in [0.1, 0.15) is 0 Å². The second-order valence-corrected chi connectivity index (χ2v) is 4.10. The van der Waals surface area contributed by atoms with Crippen LogP contribution in [0.1, 0.15) is 23.2 Å². The largest absolute Gasteiger partial charge is 0.384 e. The lowest BCUT2D eigenvalue weighted by Crippen LogP contribution is -2.23. The summed E-state index contributed by atoms with van der Waals surface area (Å²) < 4.78 is 0. The number of carbonyl (C=O) groups excluding carboxylic acids is 1. The molecule has 86 valence electrons. The van der Waals surface area contributed by atoms with E-state index < -0.39 is 0 Å². The van der Waals surface area contributed by atoms with E-state index in [0.29, 0.717) is 5.56 Å². The molecule has 4 heteroatoms. The summed E-state index contributed by atoms with van der Waals surface area (Å²) in [5, 5.41) is 6.70. The van der Waals surface area contributed by atoms with Gasteiger partial charge in [0.15, 0.2) is 0 Å². The van der Waals surface area contributed by atoms with Gasteiger partial charge in [0.05, 0.1) is 0 Å². The van der Waals surface area contributed by atoms with E-state index in [1.165, 1.54) is 12.8 Å². The van der Waals surface area contributed by atoms with Crippen LogP contribution in [0.2, 0.25) is 0 Å². The summed E-state index contributed by atoms with van der Waals surface area (Å²) in [5.41, 5.74) is 6.72. The molecule has 4 N–H and O–H groups in total. The van der Waals surface area contributed by atoms with Crippen molar-refractivity contribution in [1.29, 1.82) is 0 Å². The van der Waals surface area contributed by atoms with Crippen LogP contribution in [0.15, 0.2) is 24.3 Å². The van der Waals surface area contributed by atoms with Crippen LogP contribution in [-0.4, -0.2) is 25.0 Å². The molecule has 1 aliphatic carbocycles. The molecule has 0 spiro atoms. The van der Waals surface area contributed by atoms with Gasteiger partial charge >= 0.3 is 0 Å². The molecule has 0 saturated heterocycles. The van der Waals surface area contributed by atoms with E-state index in [2.05, 4.69) is 10.6 Å². The zero-order chi connectivity index (χ0) is 11.4. The number of carbonyl (C=O) groups is 1. The van der Waals surface area contributed by atoms with Gasteiger partial charge in [-0.15, -0.1) is 0 Å². The number of primary amides is 1. The molecular weight excluding hydrogens is 202 g/mol. The van der Waals surface area contributed by atoms with Crippen molar-refractivity contribution < 1.29 is 4.79 Å². The number of rotatable bonds is 6. The van der Waals surface area contributed by atoms with Crippen LogP contribution in [0.4, 0.5) is 5.69 Å². The molecule has 1 amide bonds. The number of nitrogens with two attached hydrogens (primary N) is 1. The smallest absolute Gasteiger partial charge is 0.248 e. The summed E-state index contributed by atoms with van der Waals surface area (Å²) in [5.74, 6) is -0.387. The van der Waals surface area contributed by atoms with E-state index in [0.717, 1.165) is 24.8 Å². The van der Waals surface area contributed by atoms with Gasteiger partial charge < -0.3 is 16.4 Å². The van der Waals surface area contributed by atoms with Crippen molar-refractivity contribution in [3.63, 3.8) is 0 Å². The van der Waals surface area contributed by atoms with Gasteiger partial charge in [-0.25, -0.2) is 0 Å². The van der Waals surface area contributed by atoms with Crippen molar-refractivity contribution in [2.24, 2.45) is 5.73 Å². The highest BCUT2D eigenvalue weighted by molar-refractivity contribution is 5.93. The molecular formula is C12H17N3O. The van der Waals surface area contributed by atoms with Crippen LogP contribution in [0, 0.1) is 0 Å². The third kappa shape index (κ3) is 3.24. The summed E-state index contributed by atoms with van der Waals surface area (Å²) in [6.07, 6.45) is 2.63. The number of hydrogen-bond acceptors (Lipinski definition) is 3. The molecule has 0 unspecified atom stereocenters. The number of benzene rings is 1. The number of anilines is 1. The molecule has 0 heterocycles. The van der Waals surface area contributed by atoms with Crippen molar-refractivity contribution in [2.75, 3.05) is 18.4 Å². The molecule has 1 fully saturated rings. The summed E-state index contributed by atoms with van der Waals surface area (Å²) in [6, 6.07) is 7.96. The van der Waals surface area contributed by atoms with E-state index >= 15 is 0 Å². The number of nitrogens with one attached hydrogen (secondary N) is 2. The van der Waals surface area contributed by atoms with E-state index in [1.807, 2.05) is 12.1 Å². The average Bonchev–Trinajstić information content (AvgIpc) is 3.09. The Morgan fingerprint density at radius 3 is 2.50 bits per heavy atom. The maximum Gasteiger partial charge on any atom is 0.248 e.